The molecule has 11 aromatic carbocycles. The van der Waals surface area contributed by atoms with Crippen LogP contribution in [0.5, 0.6) is 0 Å². The highest BCUT2D eigenvalue weighted by atomic mass is 15.2. The molecule has 15 aromatic rings. The van der Waals surface area contributed by atoms with Gasteiger partial charge in [0, 0.05) is 88.3 Å². The van der Waals surface area contributed by atoms with Gasteiger partial charge in [0.2, 0.25) is 0 Å². The van der Waals surface area contributed by atoms with E-state index in [4.69, 9.17) is 0 Å². The number of fused-ring (bicyclic) bond motifs is 12. The normalized spacial score (nSPS) is 12.4. The highest BCUT2D eigenvalue weighted by Crippen LogP contribution is 2.55. The molecule has 0 unspecified atom stereocenters. The zero-order valence-corrected chi connectivity index (χ0v) is 55.4. The predicted molar refractivity (Wildman–Crippen MR) is 390 cm³/mol. The third-order valence-electron chi connectivity index (χ3n) is 20.3. The molecule has 4 heteroatoms. The van der Waals surface area contributed by atoms with Gasteiger partial charge in [0.25, 0.3) is 0 Å². The van der Waals surface area contributed by atoms with E-state index in [0.717, 1.165) is 11.4 Å². The van der Waals surface area contributed by atoms with Gasteiger partial charge in [-0.05, 0) is 230 Å². The van der Waals surface area contributed by atoms with Crippen molar-refractivity contribution in [2.45, 2.75) is 134 Å². The molecule has 446 valence electrons. The van der Waals surface area contributed by atoms with E-state index in [0.29, 0.717) is 23.7 Å². The van der Waals surface area contributed by atoms with Gasteiger partial charge in [-0.2, -0.15) is 0 Å². The number of para-hydroxylation sites is 2. The number of hydrogen-bond donors (Lipinski definition) is 0. The lowest BCUT2D eigenvalue weighted by molar-refractivity contribution is 0.844. The summed E-state index contributed by atoms with van der Waals surface area (Å²) in [6.07, 6.45) is 0. The van der Waals surface area contributed by atoms with Gasteiger partial charge in [0.05, 0.1) is 33.1 Å². The van der Waals surface area contributed by atoms with Crippen LogP contribution in [0.1, 0.15) is 146 Å². The fourth-order valence-corrected chi connectivity index (χ4v) is 17.6. The lowest BCUT2D eigenvalue weighted by Gasteiger charge is -2.29. The number of benzene rings is 11. The Hall–Kier alpha value is -9.38. The molecule has 90 heavy (non-hydrogen) atoms. The lowest BCUT2D eigenvalue weighted by atomic mass is 9.89. The Morgan fingerprint density at radius 3 is 0.811 bits per heavy atom. The Morgan fingerprint density at radius 2 is 0.533 bits per heavy atom. The molecule has 15 rings (SSSR count). The van der Waals surface area contributed by atoms with Crippen LogP contribution in [-0.2, 0) is 0 Å². The summed E-state index contributed by atoms with van der Waals surface area (Å²) in [7, 11) is 0. The molecule has 4 nitrogen and oxygen atoms in total. The van der Waals surface area contributed by atoms with Gasteiger partial charge < -0.3 is 18.6 Å². The van der Waals surface area contributed by atoms with E-state index in [-0.39, 0.29) is 0 Å². The molecule has 0 atom stereocenters. The number of anilines is 6. The Balaban J connectivity index is 1.09. The summed E-state index contributed by atoms with van der Waals surface area (Å²) in [5.74, 6) is 1.67. The van der Waals surface area contributed by atoms with E-state index in [2.05, 4.69) is 311 Å². The maximum atomic E-state index is 2.67. The van der Waals surface area contributed by atoms with Crippen LogP contribution >= 0.6 is 0 Å². The van der Waals surface area contributed by atoms with Crippen molar-refractivity contribution in [3.05, 3.63) is 249 Å². The van der Waals surface area contributed by atoms with Crippen molar-refractivity contribution in [1.29, 1.82) is 0 Å². The van der Waals surface area contributed by atoms with Crippen LogP contribution in [0.2, 0.25) is 0 Å². The molecule has 0 N–H and O–H groups in total. The van der Waals surface area contributed by atoms with Gasteiger partial charge in [-0.15, -0.1) is 0 Å². The second-order valence-corrected chi connectivity index (χ2v) is 27.7. The number of aryl methyl sites for hydroxylation is 8. The molecule has 4 aromatic heterocycles. The van der Waals surface area contributed by atoms with E-state index < -0.39 is 0 Å². The van der Waals surface area contributed by atoms with Crippen molar-refractivity contribution in [2.75, 3.05) is 9.80 Å². The number of aromatic nitrogens is 2. The van der Waals surface area contributed by atoms with Crippen molar-refractivity contribution < 1.29 is 0 Å². The first-order chi connectivity index (χ1) is 43.3. The predicted octanol–water partition coefficient (Wildman–Crippen LogP) is 25.2. The molecule has 0 fully saturated rings. The van der Waals surface area contributed by atoms with Crippen LogP contribution in [0.25, 0.3) is 98.4 Å². The van der Waals surface area contributed by atoms with Crippen molar-refractivity contribution in [2.24, 2.45) is 0 Å². The quantitative estimate of drug-likeness (QED) is 0.121. The minimum atomic E-state index is 0.419. The molecule has 0 saturated carbocycles. The highest BCUT2D eigenvalue weighted by Gasteiger charge is 2.32. The Kier molecular flexibility index (Phi) is 13.4. The molecular formula is C86H82N4. The minimum Gasteiger partial charge on any atom is -0.310 e. The molecule has 0 spiro atoms. The molecule has 4 heterocycles. The first-order valence-electron chi connectivity index (χ1n) is 32.9. The third-order valence-corrected chi connectivity index (χ3v) is 20.3. The number of hydrogen-bond acceptors (Lipinski definition) is 2. The first-order valence-corrected chi connectivity index (χ1v) is 32.9. The topological polar surface area (TPSA) is 15.3 Å². The van der Waals surface area contributed by atoms with Crippen LogP contribution < -0.4 is 9.80 Å². The largest absolute Gasteiger partial charge is 0.310 e. The maximum absolute atomic E-state index is 2.67. The van der Waals surface area contributed by atoms with Gasteiger partial charge in [0.1, 0.15) is 0 Å². The van der Waals surface area contributed by atoms with Gasteiger partial charge in [0.15, 0.2) is 0 Å². The average molecular weight is 1170 g/mol. The SMILES string of the molecule is Cc1cc(N(c2cc(C)c(C(C)C)c(C)c2)c2ccc3c4cccc5c6c(-c7ccccc7)c7c(c(-c8ccccc8)c6n(c3c2)c45)c2cccc3c4ccc(N(c5cc(C)c(C(C)C)c(C)c5)c5cc(C)c(C(C)C)c(C)c5)cc4n7c32)cc(C)c1C(C)C. The van der Waals surface area contributed by atoms with Crippen LogP contribution in [0.4, 0.5) is 34.1 Å². The molecule has 0 bridgehead atoms. The van der Waals surface area contributed by atoms with E-state index in [9.17, 15) is 0 Å². The average Bonchev–Trinajstić information content (AvgIpc) is 1.50. The molecule has 0 saturated heterocycles. The summed E-state index contributed by atoms with van der Waals surface area (Å²) < 4.78 is 5.35. The van der Waals surface area contributed by atoms with Gasteiger partial charge in [-0.1, -0.05) is 165 Å². The Labute approximate surface area is 531 Å². The molecule has 0 amide bonds. The van der Waals surface area contributed by atoms with E-state index >= 15 is 0 Å². The monoisotopic (exact) mass is 1170 g/mol. The van der Waals surface area contributed by atoms with Crippen LogP contribution in [0.3, 0.4) is 0 Å². The molecule has 0 aliphatic rings. The zero-order chi connectivity index (χ0) is 62.6. The van der Waals surface area contributed by atoms with Crippen molar-refractivity contribution >= 4 is 110 Å². The Bertz CT molecular complexity index is 4840. The van der Waals surface area contributed by atoms with Crippen LogP contribution in [0, 0.1) is 55.4 Å². The maximum Gasteiger partial charge on any atom is 0.0634 e. The van der Waals surface area contributed by atoms with E-state index in [1.807, 2.05) is 0 Å². The fraction of sp³-hybridized carbons (Fsp3) is 0.233. The van der Waals surface area contributed by atoms with Crippen molar-refractivity contribution in [1.82, 2.24) is 8.80 Å². The van der Waals surface area contributed by atoms with Crippen molar-refractivity contribution in [3.8, 4) is 22.3 Å². The second kappa shape index (κ2) is 21.1. The summed E-state index contributed by atoms with van der Waals surface area (Å²) >= 11 is 0. The van der Waals surface area contributed by atoms with Gasteiger partial charge in [-0.25, -0.2) is 0 Å². The molecule has 0 radical (unpaired) electrons. The van der Waals surface area contributed by atoms with E-state index in [1.165, 1.54) is 188 Å². The number of nitrogens with zero attached hydrogens (tertiary/aromatic N) is 4. The standard InChI is InChI=1S/C86H82N4/c1-47(2)75-51(9)37-63(38-52(75)10)87(64-39-53(11)76(48(3)4)54(12)40-64)61-33-35-67-69-29-23-31-71-81-80(60-27-21-18-22-28-60)86-82(79(59-25-19-17-20-26-59)85(81)89(83(69)71)73(67)45-61)72-32-24-30-70-68-36-34-62(46-74(68)90(86)84(70)72)88(65-41-55(13)77(49(5)6)56(14)42-65)66-43-57(15)78(50(7)8)58(16)44-66/h17-50H,1-16H3. The summed E-state index contributed by atoms with van der Waals surface area (Å²) in [4.78, 5) is 5.07. The first kappa shape index (κ1) is 57.1. The Morgan fingerprint density at radius 1 is 0.256 bits per heavy atom. The second-order valence-electron chi connectivity index (χ2n) is 27.7. The summed E-state index contributed by atoms with van der Waals surface area (Å²) in [5, 5.41) is 10.0. The van der Waals surface area contributed by atoms with E-state index in [1.54, 1.807) is 0 Å². The summed E-state index contributed by atoms with van der Waals surface area (Å²) in [6, 6.07) is 70.7. The molecule has 0 aliphatic carbocycles. The van der Waals surface area contributed by atoms with Crippen LogP contribution in [0.15, 0.2) is 182 Å². The molecule has 0 aliphatic heterocycles. The summed E-state index contributed by atoms with van der Waals surface area (Å²) in [5.41, 5.74) is 35.5. The van der Waals surface area contributed by atoms with Gasteiger partial charge >= 0.3 is 0 Å². The third kappa shape index (κ3) is 8.46. The molecular weight excluding hydrogens is 1090 g/mol. The smallest absolute Gasteiger partial charge is 0.0634 e. The minimum absolute atomic E-state index is 0.419. The summed E-state index contributed by atoms with van der Waals surface area (Å²) in [6.45, 7) is 37.0. The highest BCUT2D eigenvalue weighted by molar-refractivity contribution is 6.38. The fourth-order valence-electron chi connectivity index (χ4n) is 17.6. The number of rotatable bonds is 12. The zero-order valence-electron chi connectivity index (χ0n) is 55.4. The van der Waals surface area contributed by atoms with Crippen LogP contribution in [-0.4, -0.2) is 8.80 Å². The van der Waals surface area contributed by atoms with Gasteiger partial charge in [-0.3, -0.25) is 0 Å². The lowest BCUT2D eigenvalue weighted by Crippen LogP contribution is -2.13. The van der Waals surface area contributed by atoms with Crippen molar-refractivity contribution in [3.63, 3.8) is 0 Å².